The van der Waals surface area contributed by atoms with Gasteiger partial charge in [-0.2, -0.15) is 4.98 Å². The van der Waals surface area contributed by atoms with Gasteiger partial charge in [0.2, 0.25) is 11.7 Å². The van der Waals surface area contributed by atoms with Gasteiger partial charge in [-0.1, -0.05) is 17.3 Å². The molecule has 1 fully saturated rings. The quantitative estimate of drug-likeness (QED) is 0.417. The van der Waals surface area contributed by atoms with E-state index in [1.807, 2.05) is 58.0 Å². The normalized spacial score (nSPS) is 14.2. The van der Waals surface area contributed by atoms with Gasteiger partial charge in [-0.3, -0.25) is 4.79 Å². The number of carbonyl (C=O) groups is 1. The number of morpholine rings is 1. The molecule has 0 bridgehead atoms. The molecule has 1 amide bonds. The van der Waals surface area contributed by atoms with Crippen LogP contribution in [0.3, 0.4) is 0 Å². The van der Waals surface area contributed by atoms with E-state index in [1.165, 1.54) is 0 Å². The van der Waals surface area contributed by atoms with Crippen molar-refractivity contribution in [3.05, 3.63) is 60.2 Å². The number of hydrogen-bond donors (Lipinski definition) is 0. The molecule has 9 heteroatoms. The molecular formula is C25H25N5O4. The van der Waals surface area contributed by atoms with Crippen molar-refractivity contribution in [2.75, 3.05) is 33.4 Å². The van der Waals surface area contributed by atoms with Crippen LogP contribution in [0.4, 0.5) is 0 Å². The van der Waals surface area contributed by atoms with Crippen LogP contribution in [0.2, 0.25) is 0 Å². The molecule has 1 aliphatic heterocycles. The third-order valence-corrected chi connectivity index (χ3v) is 5.79. The summed E-state index contributed by atoms with van der Waals surface area (Å²) in [6.45, 7) is 3.12. The molecule has 0 unspecified atom stereocenters. The maximum atomic E-state index is 12.4. The molecule has 0 radical (unpaired) electrons. The van der Waals surface area contributed by atoms with E-state index >= 15 is 0 Å². The highest BCUT2D eigenvalue weighted by Crippen LogP contribution is 2.23. The van der Waals surface area contributed by atoms with E-state index in [1.54, 1.807) is 19.5 Å². The fourth-order valence-corrected chi connectivity index (χ4v) is 3.87. The van der Waals surface area contributed by atoms with Crippen LogP contribution in [0.15, 0.2) is 53.3 Å². The van der Waals surface area contributed by atoms with Crippen LogP contribution in [0.25, 0.3) is 34.6 Å². The van der Waals surface area contributed by atoms with Gasteiger partial charge in [0.15, 0.2) is 0 Å². The summed E-state index contributed by atoms with van der Waals surface area (Å²) in [6.07, 6.45) is 5.87. The number of nitrogens with zero attached hydrogens (tertiary/aromatic N) is 5. The average Bonchev–Trinajstić information content (AvgIpc) is 3.53. The van der Waals surface area contributed by atoms with Crippen LogP contribution in [-0.2, 0) is 16.1 Å². The first-order valence-corrected chi connectivity index (χ1v) is 11.2. The highest BCUT2D eigenvalue weighted by atomic mass is 16.5. The lowest BCUT2D eigenvalue weighted by Gasteiger charge is -2.26. The van der Waals surface area contributed by atoms with Gasteiger partial charge in [0.05, 0.1) is 37.7 Å². The number of carbonyl (C=O) groups excluding carboxylic acids is 1. The van der Waals surface area contributed by atoms with E-state index < -0.39 is 0 Å². The third kappa shape index (κ3) is 4.84. The van der Waals surface area contributed by atoms with Gasteiger partial charge in [-0.15, -0.1) is 0 Å². The molecule has 4 aromatic rings. The molecule has 3 heterocycles. The van der Waals surface area contributed by atoms with E-state index in [-0.39, 0.29) is 5.91 Å². The second kappa shape index (κ2) is 9.88. The Labute approximate surface area is 196 Å². The summed E-state index contributed by atoms with van der Waals surface area (Å²) in [5.41, 5.74) is 3.59. The molecule has 34 heavy (non-hydrogen) atoms. The topological polar surface area (TPSA) is 95.5 Å². The van der Waals surface area contributed by atoms with Crippen LogP contribution in [0.1, 0.15) is 17.9 Å². The molecule has 0 aliphatic carbocycles. The first-order valence-electron chi connectivity index (χ1n) is 11.2. The van der Waals surface area contributed by atoms with E-state index in [2.05, 4.69) is 15.1 Å². The van der Waals surface area contributed by atoms with E-state index in [0.29, 0.717) is 51.0 Å². The zero-order valence-corrected chi connectivity index (χ0v) is 18.9. The lowest BCUT2D eigenvalue weighted by molar-refractivity contribution is -0.135. The number of amides is 1. The molecule has 2 aromatic carbocycles. The Morgan fingerprint density at radius 2 is 1.94 bits per heavy atom. The summed E-state index contributed by atoms with van der Waals surface area (Å²) < 4.78 is 17.9. The predicted octanol–water partition coefficient (Wildman–Crippen LogP) is 3.51. The van der Waals surface area contributed by atoms with E-state index in [9.17, 15) is 4.79 Å². The molecule has 9 nitrogen and oxygen atoms in total. The fraction of sp³-hybridized carbons (Fsp3) is 0.280. The Morgan fingerprint density at radius 3 is 2.74 bits per heavy atom. The van der Waals surface area contributed by atoms with Crippen molar-refractivity contribution >= 4 is 29.1 Å². The second-order valence-corrected chi connectivity index (χ2v) is 7.95. The van der Waals surface area contributed by atoms with Crippen LogP contribution in [0, 0.1) is 0 Å². The number of aromatic nitrogens is 4. The Morgan fingerprint density at radius 1 is 1.12 bits per heavy atom. The summed E-state index contributed by atoms with van der Waals surface area (Å²) in [4.78, 5) is 23.3. The van der Waals surface area contributed by atoms with Crippen LogP contribution in [-0.4, -0.2) is 63.9 Å². The number of hydrogen-bond acceptors (Lipinski definition) is 7. The summed E-state index contributed by atoms with van der Waals surface area (Å²) in [5.74, 6) is 1.86. The molecular weight excluding hydrogens is 434 g/mol. The average molecular weight is 460 g/mol. The number of fused-ring (bicyclic) bond motifs is 1. The van der Waals surface area contributed by atoms with Crippen molar-refractivity contribution in [1.29, 1.82) is 0 Å². The van der Waals surface area contributed by atoms with Gasteiger partial charge in [0.1, 0.15) is 5.75 Å². The highest BCUT2D eigenvalue weighted by Gasteiger charge is 2.17. The largest absolute Gasteiger partial charge is 0.497 e. The van der Waals surface area contributed by atoms with Crippen molar-refractivity contribution in [3.8, 4) is 17.1 Å². The molecule has 0 atom stereocenters. The van der Waals surface area contributed by atoms with Gasteiger partial charge in [0.25, 0.3) is 5.89 Å². The fourth-order valence-electron chi connectivity index (χ4n) is 3.87. The molecule has 174 valence electrons. The summed E-state index contributed by atoms with van der Waals surface area (Å²) in [6, 6.07) is 13.5. The maximum absolute atomic E-state index is 12.4. The highest BCUT2D eigenvalue weighted by molar-refractivity contribution is 5.81. The number of imidazole rings is 1. The number of aryl methyl sites for hydroxylation is 1. The first kappa shape index (κ1) is 21.8. The minimum Gasteiger partial charge on any atom is -0.497 e. The first-order chi connectivity index (χ1) is 16.7. The van der Waals surface area contributed by atoms with Gasteiger partial charge in [-0.05, 0) is 42.0 Å². The van der Waals surface area contributed by atoms with Gasteiger partial charge in [-0.25, -0.2) is 4.98 Å². The Kier molecular flexibility index (Phi) is 6.35. The standard InChI is InChI=1S/C25H25N5O4/c1-32-20-6-2-18(3-7-20)4-9-23-27-25(28-34-23)19-5-8-22-21(16-19)26-17-30(22)11-10-24(31)29-12-14-33-15-13-29/h2-9,16-17H,10-15H2,1H3/b9-4+. The summed E-state index contributed by atoms with van der Waals surface area (Å²) >= 11 is 0. The van der Waals surface area contributed by atoms with Crippen LogP contribution < -0.4 is 4.74 Å². The smallest absolute Gasteiger partial charge is 0.250 e. The predicted molar refractivity (Wildman–Crippen MR) is 127 cm³/mol. The van der Waals surface area contributed by atoms with E-state index in [4.69, 9.17) is 14.0 Å². The zero-order valence-electron chi connectivity index (χ0n) is 18.9. The van der Waals surface area contributed by atoms with E-state index in [0.717, 1.165) is 27.9 Å². The molecule has 1 aliphatic rings. The summed E-state index contributed by atoms with van der Waals surface area (Å²) in [5, 5.41) is 4.10. The lowest BCUT2D eigenvalue weighted by atomic mass is 10.2. The molecule has 0 N–H and O–H groups in total. The third-order valence-electron chi connectivity index (χ3n) is 5.79. The monoisotopic (exact) mass is 459 g/mol. The van der Waals surface area contributed by atoms with Crippen LogP contribution >= 0.6 is 0 Å². The number of benzene rings is 2. The van der Waals surface area contributed by atoms with Crippen molar-refractivity contribution in [1.82, 2.24) is 24.6 Å². The second-order valence-electron chi connectivity index (χ2n) is 7.95. The maximum Gasteiger partial charge on any atom is 0.250 e. The van der Waals surface area contributed by atoms with Gasteiger partial charge in [0, 0.05) is 37.7 Å². The molecule has 5 rings (SSSR count). The SMILES string of the molecule is COc1ccc(/C=C/c2nc(-c3ccc4c(c3)ncn4CCC(=O)N3CCOCC3)no2)cc1. The minimum absolute atomic E-state index is 0.142. The Bertz CT molecular complexity index is 1300. The number of methoxy groups -OCH3 is 1. The van der Waals surface area contributed by atoms with Crippen molar-refractivity contribution in [2.24, 2.45) is 0 Å². The lowest BCUT2D eigenvalue weighted by Crippen LogP contribution is -2.40. The van der Waals surface area contributed by atoms with Crippen molar-refractivity contribution in [2.45, 2.75) is 13.0 Å². The van der Waals surface area contributed by atoms with Crippen LogP contribution in [0.5, 0.6) is 5.75 Å². The van der Waals surface area contributed by atoms with Gasteiger partial charge >= 0.3 is 0 Å². The Hall–Kier alpha value is -3.98. The molecule has 0 spiro atoms. The van der Waals surface area contributed by atoms with Crippen molar-refractivity contribution in [3.63, 3.8) is 0 Å². The molecule has 1 saturated heterocycles. The minimum atomic E-state index is 0.142. The zero-order chi connectivity index (χ0) is 23.3. The van der Waals surface area contributed by atoms with Crippen molar-refractivity contribution < 1.29 is 18.8 Å². The number of ether oxygens (including phenoxy) is 2. The summed E-state index contributed by atoms with van der Waals surface area (Å²) in [7, 11) is 1.64. The molecule has 0 saturated carbocycles. The Balaban J connectivity index is 1.25. The number of rotatable bonds is 7. The van der Waals surface area contributed by atoms with Gasteiger partial charge < -0.3 is 23.5 Å². The molecule has 2 aromatic heterocycles.